The average Bonchev–Trinajstić information content (AvgIpc) is 2.55. The van der Waals surface area contributed by atoms with Crippen LogP contribution < -0.4 is 10.1 Å². The second-order valence-corrected chi connectivity index (χ2v) is 5.43. The van der Waals surface area contributed by atoms with Crippen LogP contribution in [-0.2, 0) is 4.79 Å². The van der Waals surface area contributed by atoms with E-state index in [4.69, 9.17) is 16.3 Å². The Labute approximate surface area is 138 Å². The van der Waals surface area contributed by atoms with Gasteiger partial charge in [0.2, 0.25) is 5.88 Å². The van der Waals surface area contributed by atoms with Gasteiger partial charge in [-0.15, -0.1) is 0 Å². The van der Waals surface area contributed by atoms with Crippen molar-refractivity contribution in [3.63, 3.8) is 0 Å². The monoisotopic (exact) mass is 327 g/mol. The van der Waals surface area contributed by atoms with Crippen molar-refractivity contribution in [3.05, 3.63) is 59.4 Å². The number of fused-ring (bicyclic) bond motifs is 1. The molecule has 0 fully saturated rings. The van der Waals surface area contributed by atoms with Gasteiger partial charge in [0, 0.05) is 10.7 Å². The van der Waals surface area contributed by atoms with Gasteiger partial charge in [0.15, 0.2) is 6.61 Å². The van der Waals surface area contributed by atoms with Gasteiger partial charge in [0.05, 0.1) is 10.9 Å². The minimum Gasteiger partial charge on any atom is -0.467 e. The van der Waals surface area contributed by atoms with Crippen molar-refractivity contribution in [2.24, 2.45) is 0 Å². The summed E-state index contributed by atoms with van der Waals surface area (Å²) in [5.74, 6) is 0.122. The van der Waals surface area contributed by atoms with Gasteiger partial charge in [0.25, 0.3) is 5.91 Å². The molecule has 1 amide bonds. The molecule has 0 unspecified atom stereocenters. The average molecular weight is 328 g/mol. The zero-order valence-corrected chi connectivity index (χ0v) is 13.2. The predicted molar refractivity (Wildman–Crippen MR) is 89.9 cm³/mol. The maximum Gasteiger partial charge on any atom is 0.262 e. The van der Waals surface area contributed by atoms with Crippen LogP contribution in [-0.4, -0.2) is 22.5 Å². The topological polar surface area (TPSA) is 64.1 Å². The molecule has 0 radical (unpaired) electrons. The molecule has 0 bridgehead atoms. The van der Waals surface area contributed by atoms with Gasteiger partial charge in [-0.3, -0.25) is 4.79 Å². The summed E-state index contributed by atoms with van der Waals surface area (Å²) in [6, 6.07) is 12.7. The summed E-state index contributed by atoms with van der Waals surface area (Å²) < 4.78 is 5.53. The van der Waals surface area contributed by atoms with E-state index in [2.05, 4.69) is 15.3 Å². The first-order valence-electron chi connectivity index (χ1n) is 7.02. The number of benzene rings is 2. The molecule has 0 aliphatic rings. The largest absolute Gasteiger partial charge is 0.467 e. The Morgan fingerprint density at radius 1 is 1.22 bits per heavy atom. The predicted octanol–water partition coefficient (Wildman–Crippen LogP) is 3.61. The van der Waals surface area contributed by atoms with E-state index in [1.54, 1.807) is 18.2 Å². The number of carbonyl (C=O) groups is 1. The third-order valence-electron chi connectivity index (χ3n) is 3.31. The number of anilines is 1. The second-order valence-electron chi connectivity index (χ2n) is 4.99. The molecular weight excluding hydrogens is 314 g/mol. The molecule has 1 N–H and O–H groups in total. The van der Waals surface area contributed by atoms with Gasteiger partial charge in [-0.25, -0.2) is 9.97 Å². The van der Waals surface area contributed by atoms with Crippen molar-refractivity contribution in [1.82, 2.24) is 9.97 Å². The highest BCUT2D eigenvalue weighted by Crippen LogP contribution is 2.21. The lowest BCUT2D eigenvalue weighted by molar-refractivity contribution is -0.118. The quantitative estimate of drug-likeness (QED) is 0.795. The lowest BCUT2D eigenvalue weighted by Crippen LogP contribution is -2.21. The summed E-state index contributed by atoms with van der Waals surface area (Å²) in [6.07, 6.45) is 1.42. The Bertz CT molecular complexity index is 862. The van der Waals surface area contributed by atoms with E-state index in [0.717, 1.165) is 16.5 Å². The molecule has 5 nitrogen and oxygen atoms in total. The molecule has 2 aromatic carbocycles. The highest BCUT2D eigenvalue weighted by atomic mass is 35.5. The number of halogens is 1. The minimum absolute atomic E-state index is 0.136. The number of hydrogen-bond acceptors (Lipinski definition) is 4. The molecule has 1 heterocycles. The first kappa shape index (κ1) is 15.2. The number of para-hydroxylation sites is 1. The van der Waals surface area contributed by atoms with Crippen molar-refractivity contribution in [2.75, 3.05) is 11.9 Å². The molecule has 0 atom stereocenters. The molecule has 0 saturated heterocycles. The maximum atomic E-state index is 12.0. The van der Waals surface area contributed by atoms with Crippen molar-refractivity contribution >= 4 is 34.1 Å². The minimum atomic E-state index is -0.266. The molecule has 0 aliphatic heterocycles. The summed E-state index contributed by atoms with van der Waals surface area (Å²) in [4.78, 5) is 20.3. The van der Waals surface area contributed by atoms with Crippen molar-refractivity contribution < 1.29 is 9.53 Å². The number of hydrogen-bond donors (Lipinski definition) is 1. The normalized spacial score (nSPS) is 10.5. The molecule has 3 rings (SSSR count). The summed E-state index contributed by atoms with van der Waals surface area (Å²) in [6.45, 7) is 1.74. The van der Waals surface area contributed by atoms with Crippen LogP contribution in [0.5, 0.6) is 5.88 Å². The molecule has 6 heteroatoms. The number of nitrogens with one attached hydrogen (secondary N) is 1. The zero-order chi connectivity index (χ0) is 16.2. The summed E-state index contributed by atoms with van der Waals surface area (Å²) in [5.41, 5.74) is 2.36. The van der Waals surface area contributed by atoms with Crippen LogP contribution in [0.15, 0.2) is 48.8 Å². The molecule has 1 aromatic heterocycles. The Hall–Kier alpha value is -2.66. The van der Waals surface area contributed by atoms with Crippen LogP contribution in [0.4, 0.5) is 5.69 Å². The van der Waals surface area contributed by atoms with Crippen LogP contribution in [0.2, 0.25) is 5.02 Å². The maximum absolute atomic E-state index is 12.0. The SMILES string of the molecule is Cc1cc(Cl)ccc1NC(=O)COc1ncnc2ccccc12. The molecule has 23 heavy (non-hydrogen) atoms. The number of rotatable bonds is 4. The first-order valence-corrected chi connectivity index (χ1v) is 7.40. The summed E-state index contributed by atoms with van der Waals surface area (Å²) in [7, 11) is 0. The number of aryl methyl sites for hydroxylation is 1. The summed E-state index contributed by atoms with van der Waals surface area (Å²) >= 11 is 5.90. The third-order valence-corrected chi connectivity index (χ3v) is 3.54. The van der Waals surface area contributed by atoms with E-state index in [0.29, 0.717) is 16.6 Å². The van der Waals surface area contributed by atoms with Crippen molar-refractivity contribution in [2.45, 2.75) is 6.92 Å². The molecule has 0 aliphatic carbocycles. The van der Waals surface area contributed by atoms with Crippen molar-refractivity contribution in [1.29, 1.82) is 0 Å². The van der Waals surface area contributed by atoms with E-state index < -0.39 is 0 Å². The first-order chi connectivity index (χ1) is 11.1. The van der Waals surface area contributed by atoms with Crippen molar-refractivity contribution in [3.8, 4) is 5.88 Å². The Balaban J connectivity index is 1.69. The highest BCUT2D eigenvalue weighted by molar-refractivity contribution is 6.30. The zero-order valence-electron chi connectivity index (χ0n) is 12.4. The van der Waals surface area contributed by atoms with E-state index in [-0.39, 0.29) is 12.5 Å². The number of ether oxygens (including phenoxy) is 1. The van der Waals surface area contributed by atoms with Gasteiger partial charge in [-0.1, -0.05) is 23.7 Å². The molecule has 0 spiro atoms. The van der Waals surface area contributed by atoms with Crippen LogP contribution >= 0.6 is 11.6 Å². The van der Waals surface area contributed by atoms with Gasteiger partial charge >= 0.3 is 0 Å². The van der Waals surface area contributed by atoms with E-state index in [9.17, 15) is 4.79 Å². The lowest BCUT2D eigenvalue weighted by atomic mass is 10.2. The number of amides is 1. The molecule has 3 aromatic rings. The smallest absolute Gasteiger partial charge is 0.262 e. The van der Waals surface area contributed by atoms with Gasteiger partial charge < -0.3 is 10.1 Å². The van der Waals surface area contributed by atoms with Gasteiger partial charge in [-0.2, -0.15) is 0 Å². The van der Waals surface area contributed by atoms with Crippen LogP contribution in [0.25, 0.3) is 10.9 Å². The van der Waals surface area contributed by atoms with Crippen LogP contribution in [0, 0.1) is 6.92 Å². The molecule has 0 saturated carbocycles. The lowest BCUT2D eigenvalue weighted by Gasteiger charge is -2.10. The Morgan fingerprint density at radius 3 is 2.87 bits per heavy atom. The van der Waals surface area contributed by atoms with E-state index in [1.807, 2.05) is 31.2 Å². The third kappa shape index (κ3) is 3.57. The number of carbonyl (C=O) groups excluding carboxylic acids is 1. The molecular formula is C17H14ClN3O2. The highest BCUT2D eigenvalue weighted by Gasteiger charge is 2.09. The van der Waals surface area contributed by atoms with E-state index in [1.165, 1.54) is 6.33 Å². The molecule has 116 valence electrons. The summed E-state index contributed by atoms with van der Waals surface area (Å²) in [5, 5.41) is 4.19. The Kier molecular flexibility index (Phi) is 4.39. The number of aromatic nitrogens is 2. The van der Waals surface area contributed by atoms with E-state index >= 15 is 0 Å². The van der Waals surface area contributed by atoms with Crippen LogP contribution in [0.1, 0.15) is 5.56 Å². The fourth-order valence-corrected chi connectivity index (χ4v) is 2.41. The second kappa shape index (κ2) is 6.62. The van der Waals surface area contributed by atoms with Gasteiger partial charge in [0.1, 0.15) is 6.33 Å². The standard InChI is InChI=1S/C17H14ClN3O2/c1-11-8-12(18)6-7-14(11)21-16(22)9-23-17-13-4-2-3-5-15(13)19-10-20-17/h2-8,10H,9H2,1H3,(H,21,22). The van der Waals surface area contributed by atoms with Gasteiger partial charge in [-0.05, 0) is 42.8 Å². The Morgan fingerprint density at radius 2 is 2.04 bits per heavy atom. The number of nitrogens with zero attached hydrogens (tertiary/aromatic N) is 2. The fourth-order valence-electron chi connectivity index (χ4n) is 2.18. The fraction of sp³-hybridized carbons (Fsp3) is 0.118. The van der Waals surface area contributed by atoms with Crippen LogP contribution in [0.3, 0.4) is 0 Å².